The Morgan fingerprint density at radius 2 is 1.37 bits per heavy atom. The molecule has 30 heavy (non-hydrogen) atoms. The monoisotopic (exact) mass is 424 g/mol. The molecular weight excluding hydrogens is 376 g/mol. The Hall–Kier alpha value is -1.06. The van der Waals surface area contributed by atoms with Crippen LogP contribution in [0.4, 0.5) is 0 Å². The summed E-state index contributed by atoms with van der Waals surface area (Å²) in [6.45, 7) is 8.87. The minimum absolute atomic E-state index is 0.223. The molecule has 4 nitrogen and oxygen atoms in total. The van der Waals surface area contributed by atoms with Crippen LogP contribution < -0.4 is 0 Å². The van der Waals surface area contributed by atoms with Gasteiger partial charge in [0, 0.05) is 0 Å². The lowest BCUT2D eigenvalue weighted by Crippen LogP contribution is -2.47. The van der Waals surface area contributed by atoms with Gasteiger partial charge in [0.05, 0.1) is 11.3 Å². The second-order valence-corrected chi connectivity index (χ2v) is 10.6. The second-order valence-electron chi connectivity index (χ2n) is 10.6. The van der Waals surface area contributed by atoms with Crippen molar-refractivity contribution >= 4 is 11.9 Å². The van der Waals surface area contributed by atoms with Gasteiger partial charge in [-0.15, -0.1) is 0 Å². The van der Waals surface area contributed by atoms with Gasteiger partial charge in [-0.1, -0.05) is 98.3 Å². The molecule has 0 aromatic carbocycles. The molecule has 1 fully saturated rings. The Kier molecular flexibility index (Phi) is 12.7. The highest BCUT2D eigenvalue weighted by Gasteiger charge is 2.52. The number of aliphatic carboxylic acids is 2. The first-order valence-electron chi connectivity index (χ1n) is 12.7. The Morgan fingerprint density at radius 3 is 1.90 bits per heavy atom. The molecule has 3 unspecified atom stereocenters. The van der Waals surface area contributed by atoms with E-state index in [1.807, 2.05) is 0 Å². The molecule has 3 atom stereocenters. The quantitative estimate of drug-likeness (QED) is 0.251. The van der Waals surface area contributed by atoms with Crippen molar-refractivity contribution < 1.29 is 19.8 Å². The van der Waals surface area contributed by atoms with Crippen molar-refractivity contribution in [1.82, 2.24) is 0 Å². The van der Waals surface area contributed by atoms with Gasteiger partial charge in [0.1, 0.15) is 0 Å². The van der Waals surface area contributed by atoms with Gasteiger partial charge in [0.25, 0.3) is 0 Å². The van der Waals surface area contributed by atoms with Gasteiger partial charge in [0.15, 0.2) is 0 Å². The molecule has 4 heteroatoms. The Labute approximate surface area is 185 Å². The van der Waals surface area contributed by atoms with E-state index in [0.717, 1.165) is 44.4 Å². The van der Waals surface area contributed by atoms with Crippen molar-refractivity contribution in [3.63, 3.8) is 0 Å². The van der Waals surface area contributed by atoms with Crippen LogP contribution in [-0.2, 0) is 9.59 Å². The van der Waals surface area contributed by atoms with Crippen LogP contribution in [0.1, 0.15) is 124 Å². The lowest BCUT2D eigenvalue weighted by atomic mass is 9.58. The largest absolute Gasteiger partial charge is 0.481 e. The lowest BCUT2D eigenvalue weighted by molar-refractivity contribution is -0.164. The maximum Gasteiger partial charge on any atom is 0.309 e. The van der Waals surface area contributed by atoms with Crippen molar-refractivity contribution in [3.8, 4) is 0 Å². The zero-order valence-corrected chi connectivity index (χ0v) is 20.1. The van der Waals surface area contributed by atoms with Crippen molar-refractivity contribution in [2.24, 2.45) is 29.1 Å². The summed E-state index contributed by atoms with van der Waals surface area (Å²) in [4.78, 5) is 24.4. The Morgan fingerprint density at radius 1 is 0.833 bits per heavy atom. The van der Waals surface area contributed by atoms with Crippen LogP contribution in [-0.4, -0.2) is 22.2 Å². The van der Waals surface area contributed by atoms with Crippen LogP contribution in [0, 0.1) is 29.1 Å². The third kappa shape index (κ3) is 8.98. The molecule has 0 saturated heterocycles. The standard InChI is InChI=1S/C26H48O4/c1-20(2)14-10-8-6-5-7-9-11-17-23-22(24(27)28)16-13-19-26(23,25(29)30)18-12-15-21(3)4/h20-23H,5-19H2,1-4H3,(H,27,28)(H,29,30). The van der Waals surface area contributed by atoms with E-state index in [0.29, 0.717) is 25.2 Å². The van der Waals surface area contributed by atoms with Crippen LogP contribution in [0.3, 0.4) is 0 Å². The van der Waals surface area contributed by atoms with E-state index < -0.39 is 23.3 Å². The fourth-order valence-electron chi connectivity index (χ4n) is 5.49. The highest BCUT2D eigenvalue weighted by atomic mass is 16.4. The number of carboxylic acids is 2. The number of carbonyl (C=O) groups is 2. The molecule has 0 spiro atoms. The molecule has 1 saturated carbocycles. The van der Waals surface area contributed by atoms with E-state index in [4.69, 9.17) is 0 Å². The maximum absolute atomic E-state index is 12.4. The van der Waals surface area contributed by atoms with Gasteiger partial charge >= 0.3 is 11.9 Å². The van der Waals surface area contributed by atoms with E-state index in [-0.39, 0.29) is 5.92 Å². The molecule has 0 radical (unpaired) electrons. The predicted molar refractivity (Wildman–Crippen MR) is 124 cm³/mol. The minimum Gasteiger partial charge on any atom is -0.481 e. The average molecular weight is 425 g/mol. The summed E-state index contributed by atoms with van der Waals surface area (Å²) in [6.07, 6.45) is 14.9. The van der Waals surface area contributed by atoms with Crippen molar-refractivity contribution in [2.45, 2.75) is 124 Å². The van der Waals surface area contributed by atoms with Crippen molar-refractivity contribution in [3.05, 3.63) is 0 Å². The van der Waals surface area contributed by atoms with Crippen molar-refractivity contribution in [2.75, 3.05) is 0 Å². The summed E-state index contributed by atoms with van der Waals surface area (Å²) in [5.41, 5.74) is -0.840. The SMILES string of the molecule is CC(C)CCCCCCCCCC1C(C(=O)O)CCCC1(CCCC(C)C)C(=O)O. The zero-order chi connectivity index (χ0) is 22.6. The van der Waals surface area contributed by atoms with Gasteiger partial charge in [0.2, 0.25) is 0 Å². The van der Waals surface area contributed by atoms with E-state index in [1.165, 1.54) is 38.5 Å². The molecule has 0 aromatic rings. The van der Waals surface area contributed by atoms with Gasteiger partial charge in [-0.05, 0) is 43.4 Å². The van der Waals surface area contributed by atoms with Crippen LogP contribution in [0.25, 0.3) is 0 Å². The maximum atomic E-state index is 12.4. The van der Waals surface area contributed by atoms with Crippen LogP contribution in [0.2, 0.25) is 0 Å². The molecule has 1 aliphatic carbocycles. The van der Waals surface area contributed by atoms with E-state index in [9.17, 15) is 19.8 Å². The van der Waals surface area contributed by atoms with E-state index in [2.05, 4.69) is 27.7 Å². The topological polar surface area (TPSA) is 74.6 Å². The van der Waals surface area contributed by atoms with Crippen LogP contribution >= 0.6 is 0 Å². The number of hydrogen-bond acceptors (Lipinski definition) is 2. The molecule has 0 aromatic heterocycles. The average Bonchev–Trinajstić information content (AvgIpc) is 2.66. The molecule has 2 N–H and O–H groups in total. The molecule has 0 bridgehead atoms. The van der Waals surface area contributed by atoms with Crippen LogP contribution in [0.5, 0.6) is 0 Å². The summed E-state index contributed by atoms with van der Waals surface area (Å²) < 4.78 is 0. The number of rotatable bonds is 16. The third-order valence-electron chi connectivity index (χ3n) is 7.28. The van der Waals surface area contributed by atoms with Gasteiger partial charge in [-0.3, -0.25) is 9.59 Å². The lowest BCUT2D eigenvalue weighted by Gasteiger charge is -2.44. The van der Waals surface area contributed by atoms with Gasteiger partial charge in [-0.25, -0.2) is 0 Å². The van der Waals surface area contributed by atoms with Crippen LogP contribution in [0.15, 0.2) is 0 Å². The van der Waals surface area contributed by atoms with Gasteiger partial charge < -0.3 is 10.2 Å². The summed E-state index contributed by atoms with van der Waals surface area (Å²) in [5, 5.41) is 20.0. The molecule has 0 aliphatic heterocycles. The zero-order valence-electron chi connectivity index (χ0n) is 20.1. The predicted octanol–water partition coefficient (Wildman–Crippen LogP) is 7.55. The second kappa shape index (κ2) is 14.1. The summed E-state index contributed by atoms with van der Waals surface area (Å²) in [6, 6.07) is 0. The number of hydrogen-bond donors (Lipinski definition) is 2. The number of carboxylic acid groups (broad SMARTS) is 2. The normalized spacial score (nSPS) is 24.5. The molecule has 1 rings (SSSR count). The van der Waals surface area contributed by atoms with E-state index in [1.54, 1.807) is 0 Å². The molecule has 176 valence electrons. The fourth-order valence-corrected chi connectivity index (χ4v) is 5.49. The molecule has 0 amide bonds. The first kappa shape index (κ1) is 27.0. The number of unbranched alkanes of at least 4 members (excludes halogenated alkanes) is 6. The van der Waals surface area contributed by atoms with E-state index >= 15 is 0 Å². The van der Waals surface area contributed by atoms with Crippen molar-refractivity contribution in [1.29, 1.82) is 0 Å². The first-order valence-corrected chi connectivity index (χ1v) is 12.7. The summed E-state index contributed by atoms with van der Waals surface area (Å²) >= 11 is 0. The molecular formula is C26H48O4. The summed E-state index contributed by atoms with van der Waals surface area (Å²) in [7, 11) is 0. The molecule has 1 aliphatic rings. The fraction of sp³-hybridized carbons (Fsp3) is 0.923. The highest BCUT2D eigenvalue weighted by Crippen LogP contribution is 2.50. The smallest absolute Gasteiger partial charge is 0.309 e. The third-order valence-corrected chi connectivity index (χ3v) is 7.28. The first-order chi connectivity index (χ1) is 14.2. The minimum atomic E-state index is -0.840. The van der Waals surface area contributed by atoms with Gasteiger partial charge in [-0.2, -0.15) is 0 Å². The summed E-state index contributed by atoms with van der Waals surface area (Å²) in [5.74, 6) is -0.928. The highest BCUT2D eigenvalue weighted by molar-refractivity contribution is 5.78. The Bertz CT molecular complexity index is 499. The Balaban J connectivity index is 2.59. The molecule has 0 heterocycles.